The Morgan fingerprint density at radius 2 is 0.902 bits per heavy atom. The monoisotopic (exact) mass is 746 g/mol. The van der Waals surface area contributed by atoms with E-state index in [0.29, 0.717) is 0 Å². The van der Waals surface area contributed by atoms with Crippen LogP contribution in [0.1, 0.15) is 20.8 Å². The number of ether oxygens (including phenoxy) is 7. The number of rotatable bonds is 12. The lowest BCUT2D eigenvalue weighted by molar-refractivity contribution is -0.378. The minimum Gasteiger partial charge on any atom is -0.394 e. The molecule has 22 nitrogen and oxygen atoms in total. The average molecular weight is 747 g/mol. The van der Waals surface area contributed by atoms with Crippen molar-refractivity contribution in [3.8, 4) is 0 Å². The Morgan fingerprint density at radius 3 is 1.43 bits per heavy atom. The second-order valence-electron chi connectivity index (χ2n) is 12.9. The minimum absolute atomic E-state index is 0.500. The Hall–Kier alpha value is -1.78. The highest BCUT2D eigenvalue weighted by atomic mass is 16.8. The molecule has 0 aromatic carbocycles. The molecule has 9 unspecified atom stereocenters. The van der Waals surface area contributed by atoms with Crippen molar-refractivity contribution in [3.63, 3.8) is 0 Å². The first-order chi connectivity index (χ1) is 24.1. The quantitative estimate of drug-likeness (QED) is 0.0881. The normalized spacial score (nSPS) is 47.8. The second kappa shape index (κ2) is 18.0. The van der Waals surface area contributed by atoms with Gasteiger partial charge in [0.1, 0.15) is 91.5 Å². The van der Waals surface area contributed by atoms with Crippen LogP contribution in [0.15, 0.2) is 0 Å². The lowest BCUT2D eigenvalue weighted by Crippen LogP contribution is -2.70. The number of aliphatic hydroxyl groups is 11. The fourth-order valence-corrected chi connectivity index (χ4v) is 6.60. The van der Waals surface area contributed by atoms with Crippen LogP contribution in [-0.2, 0) is 42.7 Å². The molecule has 4 aliphatic rings. The number of carbonyl (C=O) groups excluding carboxylic acids is 2. The largest absolute Gasteiger partial charge is 0.394 e. The smallest absolute Gasteiger partial charge is 0.217 e. The third-order valence-electron chi connectivity index (χ3n) is 9.28. The molecule has 20 atom stereocenters. The summed E-state index contributed by atoms with van der Waals surface area (Å²) in [4.78, 5) is 24.0. The molecule has 4 saturated heterocycles. The van der Waals surface area contributed by atoms with Crippen LogP contribution in [0.4, 0.5) is 0 Å². The number of hydrogen-bond acceptors (Lipinski definition) is 20. The zero-order chi connectivity index (χ0) is 37.9. The molecule has 0 bridgehead atoms. The molecule has 0 saturated carbocycles. The van der Waals surface area contributed by atoms with E-state index < -0.39 is 161 Å². The SMILES string of the molecule is CC(=O)N[C@H]1C(O)[C@H](O[C@@H]2OC(CO)[C@@H](O)C(O[C@H]3OC(CO)[C@@H](O)C(O)C3O)[C@H]2O)C(CO)O[C@H]1O[C@@H]1C(CO)O[C@@H](C)[C@@H](NC(C)=O)C1O. The molecular weight excluding hydrogens is 696 g/mol. The van der Waals surface area contributed by atoms with Gasteiger partial charge < -0.3 is 100.0 Å². The van der Waals surface area contributed by atoms with Crippen molar-refractivity contribution in [2.75, 3.05) is 26.4 Å². The first-order valence-electron chi connectivity index (χ1n) is 16.4. The number of aliphatic hydroxyl groups excluding tert-OH is 11. The van der Waals surface area contributed by atoms with Gasteiger partial charge in [0, 0.05) is 13.8 Å². The fourth-order valence-electron chi connectivity index (χ4n) is 6.60. The van der Waals surface area contributed by atoms with Crippen LogP contribution >= 0.6 is 0 Å². The van der Waals surface area contributed by atoms with Crippen LogP contribution in [-0.4, -0.2) is 217 Å². The summed E-state index contributed by atoms with van der Waals surface area (Å²) >= 11 is 0. The Labute approximate surface area is 291 Å². The second-order valence-corrected chi connectivity index (χ2v) is 12.9. The predicted octanol–water partition coefficient (Wildman–Crippen LogP) is -8.39. The van der Waals surface area contributed by atoms with Crippen LogP contribution in [0, 0.1) is 0 Å². The highest BCUT2D eigenvalue weighted by Gasteiger charge is 2.55. The van der Waals surface area contributed by atoms with Gasteiger partial charge in [-0.3, -0.25) is 9.59 Å². The topological polar surface area (TPSA) is 345 Å². The molecule has 0 aromatic rings. The van der Waals surface area contributed by atoms with E-state index in [1.54, 1.807) is 6.92 Å². The molecule has 4 heterocycles. The maximum atomic E-state index is 12.3. The molecule has 13 N–H and O–H groups in total. The van der Waals surface area contributed by atoms with Gasteiger partial charge in [-0.25, -0.2) is 0 Å². The zero-order valence-electron chi connectivity index (χ0n) is 28.0. The van der Waals surface area contributed by atoms with Gasteiger partial charge in [0.2, 0.25) is 11.8 Å². The molecule has 22 heteroatoms. The lowest BCUT2D eigenvalue weighted by atomic mass is 9.92. The molecule has 0 spiro atoms. The van der Waals surface area contributed by atoms with Crippen LogP contribution < -0.4 is 10.6 Å². The summed E-state index contributed by atoms with van der Waals surface area (Å²) in [6.07, 6.45) is -29.4. The summed E-state index contributed by atoms with van der Waals surface area (Å²) < 4.78 is 39.8. The van der Waals surface area contributed by atoms with E-state index in [0.717, 1.165) is 6.92 Å². The Morgan fingerprint density at radius 1 is 0.490 bits per heavy atom. The zero-order valence-corrected chi connectivity index (χ0v) is 28.0. The van der Waals surface area contributed by atoms with Crippen LogP contribution in [0.5, 0.6) is 0 Å². The summed E-state index contributed by atoms with van der Waals surface area (Å²) in [7, 11) is 0. The molecule has 0 aliphatic carbocycles. The van der Waals surface area contributed by atoms with E-state index in [-0.39, 0.29) is 0 Å². The first kappa shape index (κ1) is 42.0. The molecule has 51 heavy (non-hydrogen) atoms. The van der Waals surface area contributed by atoms with Crippen molar-refractivity contribution < 1.29 is 98.9 Å². The molecule has 4 aliphatic heterocycles. The fraction of sp³-hybridized carbons (Fsp3) is 0.931. The van der Waals surface area contributed by atoms with E-state index in [1.165, 1.54) is 6.92 Å². The number of amides is 2. The standard InChI is InChI=1S/C29H50N2O20/c1-8-15(30-9(2)36)19(40)24(13(6-34)45-8)49-27-16(31-10(3)37)20(41)25(14(7-35)48-27)50-29-23(44)26(18(39)12(5-33)47-29)51-28-22(43)21(42)17(38)11(4-32)46-28/h8,11-29,32-35,38-44H,4-7H2,1-3H3,(H,30,36)(H,31,37)/t8-,11?,12?,13?,14?,15+,16-,17+,18+,19?,20?,21?,22?,23+,24+,25+,26?,27-,28+,29-/m0/s1. The van der Waals surface area contributed by atoms with E-state index >= 15 is 0 Å². The summed E-state index contributed by atoms with van der Waals surface area (Å²) in [5.41, 5.74) is 0. The van der Waals surface area contributed by atoms with Gasteiger partial charge in [0.15, 0.2) is 18.9 Å². The Bertz CT molecular complexity index is 1140. The Kier molecular flexibility index (Phi) is 14.8. The van der Waals surface area contributed by atoms with E-state index in [4.69, 9.17) is 33.2 Å². The molecule has 4 rings (SSSR count). The highest BCUT2D eigenvalue weighted by Crippen LogP contribution is 2.34. The van der Waals surface area contributed by atoms with Crippen molar-refractivity contribution in [2.45, 2.75) is 143 Å². The van der Waals surface area contributed by atoms with Crippen LogP contribution in [0.25, 0.3) is 0 Å². The molecular formula is C29H50N2O20. The van der Waals surface area contributed by atoms with Crippen molar-refractivity contribution in [3.05, 3.63) is 0 Å². The van der Waals surface area contributed by atoms with Crippen molar-refractivity contribution in [1.82, 2.24) is 10.6 Å². The predicted molar refractivity (Wildman–Crippen MR) is 161 cm³/mol. The van der Waals surface area contributed by atoms with Gasteiger partial charge in [0.05, 0.1) is 38.6 Å². The van der Waals surface area contributed by atoms with Gasteiger partial charge in [-0.05, 0) is 6.92 Å². The van der Waals surface area contributed by atoms with Crippen molar-refractivity contribution >= 4 is 11.8 Å². The molecule has 296 valence electrons. The van der Waals surface area contributed by atoms with Crippen molar-refractivity contribution in [2.24, 2.45) is 0 Å². The first-order valence-corrected chi connectivity index (χ1v) is 16.4. The molecule has 4 fully saturated rings. The maximum Gasteiger partial charge on any atom is 0.217 e. The van der Waals surface area contributed by atoms with E-state index in [2.05, 4.69) is 10.6 Å². The van der Waals surface area contributed by atoms with Gasteiger partial charge in [-0.2, -0.15) is 0 Å². The average Bonchev–Trinajstić information content (AvgIpc) is 3.09. The number of nitrogens with one attached hydrogen (secondary N) is 2. The van der Waals surface area contributed by atoms with Crippen molar-refractivity contribution in [1.29, 1.82) is 0 Å². The Balaban J connectivity index is 1.56. The number of hydrogen-bond donors (Lipinski definition) is 13. The minimum atomic E-state index is -2.01. The number of carbonyl (C=O) groups is 2. The summed E-state index contributed by atoms with van der Waals surface area (Å²) in [6.45, 7) is 0.642. The molecule has 2 amide bonds. The lowest BCUT2D eigenvalue weighted by Gasteiger charge is -2.50. The van der Waals surface area contributed by atoms with Gasteiger partial charge >= 0.3 is 0 Å². The highest BCUT2D eigenvalue weighted by molar-refractivity contribution is 5.73. The summed E-state index contributed by atoms with van der Waals surface area (Å²) in [6, 6.07) is -2.54. The summed E-state index contributed by atoms with van der Waals surface area (Å²) in [5, 5.41) is 120. The molecule has 0 aromatic heterocycles. The van der Waals surface area contributed by atoms with Crippen LogP contribution in [0.2, 0.25) is 0 Å². The molecule has 0 radical (unpaired) electrons. The third kappa shape index (κ3) is 9.13. The van der Waals surface area contributed by atoms with E-state index in [1.807, 2.05) is 0 Å². The van der Waals surface area contributed by atoms with Gasteiger partial charge in [0.25, 0.3) is 0 Å². The van der Waals surface area contributed by atoms with Gasteiger partial charge in [-0.15, -0.1) is 0 Å². The van der Waals surface area contributed by atoms with Crippen LogP contribution in [0.3, 0.4) is 0 Å². The van der Waals surface area contributed by atoms with Gasteiger partial charge in [-0.1, -0.05) is 0 Å². The third-order valence-corrected chi connectivity index (χ3v) is 9.28. The maximum absolute atomic E-state index is 12.3. The van der Waals surface area contributed by atoms with E-state index in [9.17, 15) is 65.8 Å². The summed E-state index contributed by atoms with van der Waals surface area (Å²) in [5.74, 6) is -1.20.